The molecule has 1 heterocycles. The highest BCUT2D eigenvalue weighted by atomic mass is 16.5. The number of carbonyl (C=O) groups excluding carboxylic acids is 1. The molecule has 0 saturated heterocycles. The van der Waals surface area contributed by atoms with Crippen molar-refractivity contribution in [1.29, 1.82) is 0 Å². The smallest absolute Gasteiger partial charge is 0.246 e. The van der Waals surface area contributed by atoms with Crippen LogP contribution in [-0.2, 0) is 9.53 Å². The Morgan fingerprint density at radius 3 is 2.71 bits per heavy atom. The van der Waals surface area contributed by atoms with Gasteiger partial charge in [0.1, 0.15) is 0 Å². The lowest BCUT2D eigenvalue weighted by Gasteiger charge is -2.35. The van der Waals surface area contributed by atoms with Gasteiger partial charge in [0.25, 0.3) is 0 Å². The summed E-state index contributed by atoms with van der Waals surface area (Å²) in [6.45, 7) is 2.03. The zero-order valence-electron chi connectivity index (χ0n) is 10.3. The Bertz CT molecular complexity index is 406. The first-order valence-corrected chi connectivity index (χ1v) is 5.83. The van der Waals surface area contributed by atoms with Crippen LogP contribution in [0.25, 0.3) is 0 Å². The van der Waals surface area contributed by atoms with Crippen molar-refractivity contribution in [3.63, 3.8) is 0 Å². The summed E-state index contributed by atoms with van der Waals surface area (Å²) in [5, 5.41) is 0. The Morgan fingerprint density at radius 1 is 1.29 bits per heavy atom. The number of para-hydroxylation sites is 2. The molecule has 4 heteroatoms. The third-order valence-corrected chi connectivity index (χ3v) is 3.06. The van der Waals surface area contributed by atoms with Gasteiger partial charge >= 0.3 is 0 Å². The third-order valence-electron chi connectivity index (χ3n) is 3.06. The highest BCUT2D eigenvalue weighted by molar-refractivity contribution is 6.02. The normalized spacial score (nSPS) is 15.1. The molecule has 0 saturated carbocycles. The average Bonchev–Trinajstić information content (AvgIpc) is 2.36. The van der Waals surface area contributed by atoms with Crippen LogP contribution in [0.5, 0.6) is 0 Å². The van der Waals surface area contributed by atoms with Crippen LogP contribution in [0.3, 0.4) is 0 Å². The molecule has 0 bridgehead atoms. The Morgan fingerprint density at radius 2 is 2.00 bits per heavy atom. The standard InChI is InChI=1S/C13H18N2O2/c1-14-11-6-3-4-7-12(11)15(10-13(14)16)8-5-9-17-2/h3-4,6-7H,5,8-10H2,1-2H3. The number of fused-ring (bicyclic) bond motifs is 1. The van der Waals surface area contributed by atoms with E-state index in [-0.39, 0.29) is 5.91 Å². The number of anilines is 2. The first kappa shape index (κ1) is 11.9. The van der Waals surface area contributed by atoms with E-state index in [1.165, 1.54) is 0 Å². The lowest BCUT2D eigenvalue weighted by atomic mass is 10.1. The molecule has 92 valence electrons. The van der Waals surface area contributed by atoms with Crippen molar-refractivity contribution in [2.75, 3.05) is 43.7 Å². The van der Waals surface area contributed by atoms with Gasteiger partial charge in [-0.05, 0) is 18.6 Å². The van der Waals surface area contributed by atoms with Gasteiger partial charge < -0.3 is 14.5 Å². The highest BCUT2D eigenvalue weighted by Crippen LogP contribution is 2.32. The first-order valence-electron chi connectivity index (χ1n) is 5.83. The third kappa shape index (κ3) is 2.42. The van der Waals surface area contributed by atoms with Crippen molar-refractivity contribution in [1.82, 2.24) is 0 Å². The van der Waals surface area contributed by atoms with Crippen molar-refractivity contribution in [2.45, 2.75) is 6.42 Å². The molecular formula is C13H18N2O2. The van der Waals surface area contributed by atoms with Crippen LogP contribution in [0.15, 0.2) is 24.3 Å². The fourth-order valence-electron chi connectivity index (χ4n) is 2.10. The molecule has 1 amide bonds. The van der Waals surface area contributed by atoms with E-state index in [9.17, 15) is 4.79 Å². The molecule has 0 N–H and O–H groups in total. The van der Waals surface area contributed by atoms with Gasteiger partial charge in [-0.25, -0.2) is 0 Å². The number of likely N-dealkylation sites (N-methyl/N-ethyl adjacent to an activating group) is 1. The van der Waals surface area contributed by atoms with Crippen LogP contribution in [-0.4, -0.2) is 39.8 Å². The second kappa shape index (κ2) is 5.19. The van der Waals surface area contributed by atoms with Crippen LogP contribution in [0.1, 0.15) is 6.42 Å². The number of hydrogen-bond acceptors (Lipinski definition) is 3. The number of carbonyl (C=O) groups is 1. The van der Waals surface area contributed by atoms with E-state index in [2.05, 4.69) is 11.0 Å². The molecule has 0 fully saturated rings. The second-order valence-electron chi connectivity index (χ2n) is 4.21. The largest absolute Gasteiger partial charge is 0.385 e. The summed E-state index contributed by atoms with van der Waals surface area (Å²) < 4.78 is 5.05. The molecule has 1 aliphatic rings. The molecular weight excluding hydrogens is 216 g/mol. The molecule has 0 aliphatic carbocycles. The maximum Gasteiger partial charge on any atom is 0.246 e. The van der Waals surface area contributed by atoms with Crippen molar-refractivity contribution >= 4 is 17.3 Å². The molecule has 0 aromatic heterocycles. The molecule has 0 atom stereocenters. The summed E-state index contributed by atoms with van der Waals surface area (Å²) in [6, 6.07) is 8.01. The van der Waals surface area contributed by atoms with Gasteiger partial charge in [-0.1, -0.05) is 12.1 Å². The number of nitrogens with zero attached hydrogens (tertiary/aromatic N) is 2. The SMILES string of the molecule is COCCCN1CC(=O)N(C)c2ccccc21. The zero-order valence-corrected chi connectivity index (χ0v) is 10.3. The monoisotopic (exact) mass is 234 g/mol. The summed E-state index contributed by atoms with van der Waals surface area (Å²) in [5.41, 5.74) is 2.12. The molecule has 1 aliphatic heterocycles. The van der Waals surface area contributed by atoms with Gasteiger partial charge in [0.15, 0.2) is 0 Å². The molecule has 0 spiro atoms. The quantitative estimate of drug-likeness (QED) is 0.740. The molecule has 1 aromatic rings. The summed E-state index contributed by atoms with van der Waals surface area (Å²) >= 11 is 0. The van der Waals surface area contributed by atoms with E-state index < -0.39 is 0 Å². The second-order valence-corrected chi connectivity index (χ2v) is 4.21. The summed E-state index contributed by atoms with van der Waals surface area (Å²) in [5.74, 6) is 0.140. The van der Waals surface area contributed by atoms with Crippen molar-refractivity contribution in [3.05, 3.63) is 24.3 Å². The van der Waals surface area contributed by atoms with E-state index in [1.54, 1.807) is 12.0 Å². The molecule has 0 radical (unpaired) electrons. The van der Waals surface area contributed by atoms with Gasteiger partial charge in [-0.2, -0.15) is 0 Å². The summed E-state index contributed by atoms with van der Waals surface area (Å²) in [6.07, 6.45) is 0.932. The summed E-state index contributed by atoms with van der Waals surface area (Å²) in [4.78, 5) is 15.7. The Hall–Kier alpha value is -1.55. The Balaban J connectivity index is 2.18. The van der Waals surface area contributed by atoms with Crippen molar-refractivity contribution < 1.29 is 9.53 Å². The van der Waals surface area contributed by atoms with Gasteiger partial charge in [0, 0.05) is 27.3 Å². The van der Waals surface area contributed by atoms with Crippen molar-refractivity contribution in [3.8, 4) is 0 Å². The van der Waals surface area contributed by atoms with Crippen LogP contribution < -0.4 is 9.80 Å². The van der Waals surface area contributed by atoms with Crippen LogP contribution in [0, 0.1) is 0 Å². The topological polar surface area (TPSA) is 32.8 Å². The number of hydrogen-bond donors (Lipinski definition) is 0. The van der Waals surface area contributed by atoms with Crippen LogP contribution in [0.4, 0.5) is 11.4 Å². The molecule has 1 aromatic carbocycles. The maximum atomic E-state index is 11.9. The predicted molar refractivity (Wildman–Crippen MR) is 68.6 cm³/mol. The molecule has 2 rings (SSSR count). The van der Waals surface area contributed by atoms with Crippen molar-refractivity contribution in [2.24, 2.45) is 0 Å². The number of rotatable bonds is 4. The maximum absolute atomic E-state index is 11.9. The van der Waals surface area contributed by atoms with E-state index >= 15 is 0 Å². The first-order chi connectivity index (χ1) is 8.24. The predicted octanol–water partition coefficient (Wildman–Crippen LogP) is 1.51. The highest BCUT2D eigenvalue weighted by Gasteiger charge is 2.25. The minimum Gasteiger partial charge on any atom is -0.385 e. The van der Waals surface area contributed by atoms with Gasteiger partial charge in [-0.15, -0.1) is 0 Å². The lowest BCUT2D eigenvalue weighted by molar-refractivity contribution is -0.117. The lowest BCUT2D eigenvalue weighted by Crippen LogP contribution is -2.44. The van der Waals surface area contributed by atoms with E-state index in [1.807, 2.05) is 25.2 Å². The molecule has 0 unspecified atom stereocenters. The number of amides is 1. The number of benzene rings is 1. The van der Waals surface area contributed by atoms with Crippen LogP contribution in [0.2, 0.25) is 0 Å². The minimum atomic E-state index is 0.140. The Kier molecular flexibility index (Phi) is 3.64. The fraction of sp³-hybridized carbons (Fsp3) is 0.462. The van der Waals surface area contributed by atoms with Crippen LogP contribution >= 0.6 is 0 Å². The van der Waals surface area contributed by atoms with E-state index in [4.69, 9.17) is 4.74 Å². The van der Waals surface area contributed by atoms with E-state index in [0.717, 1.165) is 30.9 Å². The van der Waals surface area contributed by atoms with Gasteiger partial charge in [-0.3, -0.25) is 4.79 Å². The minimum absolute atomic E-state index is 0.140. The zero-order chi connectivity index (χ0) is 12.3. The van der Waals surface area contributed by atoms with Gasteiger partial charge in [0.2, 0.25) is 5.91 Å². The fourth-order valence-corrected chi connectivity index (χ4v) is 2.10. The summed E-state index contributed by atoms with van der Waals surface area (Å²) in [7, 11) is 3.52. The van der Waals surface area contributed by atoms with Gasteiger partial charge in [0.05, 0.1) is 17.9 Å². The number of ether oxygens (including phenoxy) is 1. The Labute approximate surface area is 102 Å². The molecule has 4 nitrogen and oxygen atoms in total. The average molecular weight is 234 g/mol. The van der Waals surface area contributed by atoms with E-state index in [0.29, 0.717) is 6.54 Å². The number of methoxy groups -OCH3 is 1. The molecule has 17 heavy (non-hydrogen) atoms.